The smallest absolute Gasteiger partial charge is 0.407 e. The Balaban J connectivity index is 0.000000791. The Labute approximate surface area is 87.2 Å². The summed E-state index contributed by atoms with van der Waals surface area (Å²) in [4.78, 5) is 10.8. The minimum atomic E-state index is -0.311. The van der Waals surface area contributed by atoms with Gasteiger partial charge in [-0.15, -0.1) is 0 Å². The lowest BCUT2D eigenvalue weighted by atomic mass is 10.0. The van der Waals surface area contributed by atoms with Crippen molar-refractivity contribution in [2.45, 2.75) is 52.5 Å². The van der Waals surface area contributed by atoms with Gasteiger partial charge >= 0.3 is 6.09 Å². The van der Waals surface area contributed by atoms with Crippen LogP contribution in [-0.2, 0) is 4.74 Å². The van der Waals surface area contributed by atoms with Gasteiger partial charge in [0.1, 0.15) is 0 Å². The van der Waals surface area contributed by atoms with E-state index in [0.717, 1.165) is 0 Å². The number of carbonyl (C=O) groups excluding carboxylic acids is 1. The van der Waals surface area contributed by atoms with Crippen molar-refractivity contribution in [1.82, 2.24) is 5.32 Å². The summed E-state index contributed by atoms with van der Waals surface area (Å²) in [5, 5.41) is 2.81. The Hall–Kier alpha value is -0.730. The van der Waals surface area contributed by atoms with Crippen LogP contribution in [0.5, 0.6) is 0 Å². The normalized spacial score (nSPS) is 18.0. The Kier molecular flexibility index (Phi) is 7.25. The number of hydrogen-bond acceptors (Lipinski definition) is 2. The molecule has 3 heteroatoms. The Morgan fingerprint density at radius 2 is 1.86 bits per heavy atom. The summed E-state index contributed by atoms with van der Waals surface area (Å²) in [7, 11) is 1.40. The van der Waals surface area contributed by atoms with E-state index >= 15 is 0 Å². The molecular formula is C11H23NO2. The maximum Gasteiger partial charge on any atom is 0.407 e. The summed E-state index contributed by atoms with van der Waals surface area (Å²) in [6.45, 7) is 6.05. The van der Waals surface area contributed by atoms with Crippen LogP contribution in [0.25, 0.3) is 0 Å². The van der Waals surface area contributed by atoms with Crippen molar-refractivity contribution in [3.8, 4) is 0 Å². The first-order valence-corrected chi connectivity index (χ1v) is 5.58. The molecule has 0 heterocycles. The number of nitrogens with one attached hydrogen (secondary N) is 1. The number of hydrogen-bond donors (Lipinski definition) is 1. The van der Waals surface area contributed by atoms with Gasteiger partial charge in [-0.25, -0.2) is 4.79 Å². The molecule has 0 radical (unpaired) electrons. The molecule has 84 valence electrons. The molecule has 0 aromatic rings. The molecule has 0 bridgehead atoms. The molecule has 1 saturated carbocycles. The van der Waals surface area contributed by atoms with E-state index in [1.54, 1.807) is 0 Å². The lowest BCUT2D eigenvalue weighted by molar-refractivity contribution is 0.163. The van der Waals surface area contributed by atoms with E-state index in [2.05, 4.69) is 10.1 Å². The van der Waals surface area contributed by atoms with E-state index in [1.165, 1.54) is 32.8 Å². The highest BCUT2D eigenvalue weighted by atomic mass is 16.5. The second kappa shape index (κ2) is 7.65. The molecule has 1 rings (SSSR count). The molecule has 0 aliphatic heterocycles. The van der Waals surface area contributed by atoms with E-state index in [0.29, 0.717) is 5.92 Å². The van der Waals surface area contributed by atoms with Gasteiger partial charge in [-0.1, -0.05) is 26.7 Å². The van der Waals surface area contributed by atoms with Crippen LogP contribution < -0.4 is 5.32 Å². The predicted octanol–water partition coefficient (Wildman–Crippen LogP) is 2.95. The number of rotatable bonds is 2. The monoisotopic (exact) mass is 201 g/mol. The summed E-state index contributed by atoms with van der Waals surface area (Å²) in [5.41, 5.74) is 0. The lowest BCUT2D eigenvalue weighted by Crippen LogP contribution is -2.36. The van der Waals surface area contributed by atoms with E-state index in [1.807, 2.05) is 20.8 Å². The van der Waals surface area contributed by atoms with Crippen molar-refractivity contribution < 1.29 is 9.53 Å². The van der Waals surface area contributed by atoms with Crippen molar-refractivity contribution in [3.63, 3.8) is 0 Å². The van der Waals surface area contributed by atoms with E-state index in [4.69, 9.17) is 0 Å². The molecule has 0 aromatic carbocycles. The van der Waals surface area contributed by atoms with Crippen LogP contribution in [-0.4, -0.2) is 19.2 Å². The Morgan fingerprint density at radius 3 is 2.29 bits per heavy atom. The van der Waals surface area contributed by atoms with E-state index < -0.39 is 0 Å². The SMILES string of the molecule is CC.COC(=O)NC(C)C1CCCC1. The number of ether oxygens (including phenoxy) is 1. The lowest BCUT2D eigenvalue weighted by Gasteiger charge is -2.19. The molecule has 1 N–H and O–H groups in total. The van der Waals surface area contributed by atoms with Crippen molar-refractivity contribution in [2.24, 2.45) is 5.92 Å². The average molecular weight is 201 g/mol. The molecule has 0 spiro atoms. The molecule has 0 aromatic heterocycles. The topological polar surface area (TPSA) is 38.3 Å². The fourth-order valence-corrected chi connectivity index (χ4v) is 1.82. The zero-order chi connectivity index (χ0) is 11.0. The summed E-state index contributed by atoms with van der Waals surface area (Å²) >= 11 is 0. The van der Waals surface area contributed by atoms with Crippen LogP contribution in [0.4, 0.5) is 4.79 Å². The predicted molar refractivity (Wildman–Crippen MR) is 58.3 cm³/mol. The molecule has 3 nitrogen and oxygen atoms in total. The zero-order valence-corrected chi connectivity index (χ0v) is 9.80. The first kappa shape index (κ1) is 13.3. The second-order valence-corrected chi connectivity index (χ2v) is 3.47. The summed E-state index contributed by atoms with van der Waals surface area (Å²) in [6.07, 6.45) is 4.78. The minimum Gasteiger partial charge on any atom is -0.453 e. The van der Waals surface area contributed by atoms with Crippen molar-refractivity contribution >= 4 is 6.09 Å². The zero-order valence-electron chi connectivity index (χ0n) is 9.80. The second-order valence-electron chi connectivity index (χ2n) is 3.47. The van der Waals surface area contributed by atoms with Gasteiger partial charge < -0.3 is 10.1 Å². The first-order valence-electron chi connectivity index (χ1n) is 5.58. The van der Waals surface area contributed by atoms with E-state index in [-0.39, 0.29) is 12.1 Å². The summed E-state index contributed by atoms with van der Waals surface area (Å²) < 4.78 is 4.53. The molecule has 1 aliphatic rings. The van der Waals surface area contributed by atoms with Gasteiger partial charge in [-0.2, -0.15) is 0 Å². The minimum absolute atomic E-state index is 0.264. The van der Waals surface area contributed by atoms with Crippen molar-refractivity contribution in [2.75, 3.05) is 7.11 Å². The molecular weight excluding hydrogens is 178 g/mol. The van der Waals surface area contributed by atoms with Crippen LogP contribution in [0.1, 0.15) is 46.5 Å². The summed E-state index contributed by atoms with van der Waals surface area (Å²) in [6, 6.07) is 0.264. The largest absolute Gasteiger partial charge is 0.453 e. The van der Waals surface area contributed by atoms with Gasteiger partial charge in [0.15, 0.2) is 0 Å². The fraction of sp³-hybridized carbons (Fsp3) is 0.909. The molecule has 1 amide bonds. The molecule has 0 saturated heterocycles. The number of alkyl carbamates (subject to hydrolysis) is 1. The highest BCUT2D eigenvalue weighted by molar-refractivity contribution is 5.67. The van der Waals surface area contributed by atoms with Crippen LogP contribution in [0, 0.1) is 5.92 Å². The highest BCUT2D eigenvalue weighted by Crippen LogP contribution is 2.27. The number of methoxy groups -OCH3 is 1. The van der Waals surface area contributed by atoms with E-state index in [9.17, 15) is 4.79 Å². The first-order chi connectivity index (χ1) is 6.74. The quantitative estimate of drug-likeness (QED) is 0.746. The third kappa shape index (κ3) is 4.49. The third-order valence-electron chi connectivity index (χ3n) is 2.64. The maximum atomic E-state index is 10.8. The van der Waals surface area contributed by atoms with Gasteiger partial charge in [0, 0.05) is 6.04 Å². The average Bonchev–Trinajstić information content (AvgIpc) is 2.73. The molecule has 1 aliphatic carbocycles. The number of amides is 1. The Bertz CT molecular complexity index is 153. The standard InChI is InChI=1S/C9H17NO2.C2H6/c1-7(10-9(11)12-2)8-5-3-4-6-8;1-2/h7-8H,3-6H2,1-2H3,(H,10,11);1-2H3. The third-order valence-corrected chi connectivity index (χ3v) is 2.64. The van der Waals surface area contributed by atoms with Gasteiger partial charge in [0.05, 0.1) is 7.11 Å². The fourth-order valence-electron chi connectivity index (χ4n) is 1.82. The van der Waals surface area contributed by atoms with Crippen LogP contribution in [0.15, 0.2) is 0 Å². The van der Waals surface area contributed by atoms with Gasteiger partial charge in [0.2, 0.25) is 0 Å². The van der Waals surface area contributed by atoms with Crippen LogP contribution in [0.3, 0.4) is 0 Å². The molecule has 1 atom stereocenters. The number of carbonyl (C=O) groups is 1. The van der Waals surface area contributed by atoms with Crippen molar-refractivity contribution in [3.05, 3.63) is 0 Å². The van der Waals surface area contributed by atoms with Gasteiger partial charge in [0.25, 0.3) is 0 Å². The summed E-state index contributed by atoms with van der Waals surface area (Å²) in [5.74, 6) is 0.657. The highest BCUT2D eigenvalue weighted by Gasteiger charge is 2.22. The molecule has 14 heavy (non-hydrogen) atoms. The molecule has 1 unspecified atom stereocenters. The van der Waals surface area contributed by atoms with Crippen LogP contribution >= 0.6 is 0 Å². The van der Waals surface area contributed by atoms with Gasteiger partial charge in [-0.05, 0) is 25.7 Å². The van der Waals surface area contributed by atoms with Crippen molar-refractivity contribution in [1.29, 1.82) is 0 Å². The van der Waals surface area contributed by atoms with Crippen LogP contribution in [0.2, 0.25) is 0 Å². The van der Waals surface area contributed by atoms with Gasteiger partial charge in [-0.3, -0.25) is 0 Å². The maximum absolute atomic E-state index is 10.8. The molecule has 1 fully saturated rings. The Morgan fingerprint density at radius 1 is 1.36 bits per heavy atom.